The second-order valence-electron chi connectivity index (χ2n) is 7.81. The van der Waals surface area contributed by atoms with Crippen molar-refractivity contribution >= 4 is 29.9 Å². The van der Waals surface area contributed by atoms with Gasteiger partial charge in [0.15, 0.2) is 5.96 Å². The molecule has 0 bridgehead atoms. The number of hydrogen-bond acceptors (Lipinski definition) is 4. The Bertz CT molecular complexity index is 806. The van der Waals surface area contributed by atoms with E-state index in [0.29, 0.717) is 19.1 Å². The topological polar surface area (TPSA) is 57.9 Å². The Labute approximate surface area is 197 Å². The molecule has 1 atom stereocenters. The largest absolute Gasteiger partial charge is 0.492 e. The van der Waals surface area contributed by atoms with Crippen LogP contribution in [0.3, 0.4) is 0 Å². The molecular formula is C22H35IN6O. The standard InChI is InChI=1S/C22H34N6O.HI/c1-5-23-22(28-11-10-19(17-28)20-15-25-27(4)16-20)24-14-18-8-6-7-9-21(18)29-13-12-26(2)3;/h6-9,15-16,19H,5,10-14,17H2,1-4H3,(H,23,24);1H. The van der Waals surface area contributed by atoms with Crippen LogP contribution in [0.25, 0.3) is 0 Å². The van der Waals surface area contributed by atoms with Crippen LogP contribution in [0.5, 0.6) is 5.75 Å². The van der Waals surface area contributed by atoms with Crippen molar-refractivity contribution in [1.29, 1.82) is 0 Å². The average Bonchev–Trinajstić information content (AvgIpc) is 3.35. The zero-order valence-electron chi connectivity index (χ0n) is 18.5. The Hall–Kier alpha value is -1.81. The highest BCUT2D eigenvalue weighted by Gasteiger charge is 2.26. The Morgan fingerprint density at radius 3 is 2.83 bits per heavy atom. The number of hydrogen-bond donors (Lipinski definition) is 1. The zero-order valence-corrected chi connectivity index (χ0v) is 20.9. The third kappa shape index (κ3) is 6.87. The number of nitrogens with zero attached hydrogens (tertiary/aromatic N) is 5. The first kappa shape index (κ1) is 24.5. The van der Waals surface area contributed by atoms with Gasteiger partial charge in [-0.15, -0.1) is 24.0 Å². The van der Waals surface area contributed by atoms with Crippen molar-refractivity contribution in [3.8, 4) is 5.75 Å². The van der Waals surface area contributed by atoms with Gasteiger partial charge in [-0.05, 0) is 39.1 Å². The van der Waals surface area contributed by atoms with Crippen LogP contribution in [-0.4, -0.2) is 72.4 Å². The maximum absolute atomic E-state index is 5.99. The van der Waals surface area contributed by atoms with Gasteiger partial charge in [-0.3, -0.25) is 4.68 Å². The zero-order chi connectivity index (χ0) is 20.6. The molecule has 1 aromatic heterocycles. The van der Waals surface area contributed by atoms with E-state index >= 15 is 0 Å². The smallest absolute Gasteiger partial charge is 0.194 e. The maximum Gasteiger partial charge on any atom is 0.194 e. The number of para-hydroxylation sites is 1. The van der Waals surface area contributed by atoms with Crippen molar-refractivity contribution in [2.75, 3.05) is 46.9 Å². The molecule has 0 aliphatic carbocycles. The number of aryl methyl sites for hydroxylation is 1. The predicted molar refractivity (Wildman–Crippen MR) is 133 cm³/mol. The molecule has 2 aromatic rings. The summed E-state index contributed by atoms with van der Waals surface area (Å²) in [7, 11) is 6.08. The summed E-state index contributed by atoms with van der Waals surface area (Å²) in [6.07, 6.45) is 5.24. The van der Waals surface area contributed by atoms with E-state index in [0.717, 1.165) is 49.9 Å². The predicted octanol–water partition coefficient (Wildman–Crippen LogP) is 2.93. The molecule has 30 heavy (non-hydrogen) atoms. The Balaban J connectivity index is 0.00000320. The van der Waals surface area contributed by atoms with Crippen molar-refractivity contribution in [2.24, 2.45) is 12.0 Å². The summed E-state index contributed by atoms with van der Waals surface area (Å²) in [6.45, 7) is 7.12. The molecule has 7 nitrogen and oxygen atoms in total. The molecule has 0 radical (unpaired) electrons. The number of nitrogens with one attached hydrogen (secondary N) is 1. The van der Waals surface area contributed by atoms with Crippen LogP contribution < -0.4 is 10.1 Å². The third-order valence-electron chi connectivity index (χ3n) is 5.19. The van der Waals surface area contributed by atoms with E-state index in [4.69, 9.17) is 9.73 Å². The van der Waals surface area contributed by atoms with Crippen LogP contribution in [-0.2, 0) is 13.6 Å². The minimum absolute atomic E-state index is 0. The van der Waals surface area contributed by atoms with E-state index < -0.39 is 0 Å². The van der Waals surface area contributed by atoms with Crippen molar-refractivity contribution in [2.45, 2.75) is 25.8 Å². The van der Waals surface area contributed by atoms with Gasteiger partial charge in [0.1, 0.15) is 12.4 Å². The summed E-state index contributed by atoms with van der Waals surface area (Å²) in [5.74, 6) is 2.40. The van der Waals surface area contributed by atoms with Crippen molar-refractivity contribution in [3.63, 3.8) is 0 Å². The molecular weight excluding hydrogens is 491 g/mol. The molecule has 1 N–H and O–H groups in total. The van der Waals surface area contributed by atoms with Gasteiger partial charge in [0.2, 0.25) is 0 Å². The third-order valence-corrected chi connectivity index (χ3v) is 5.19. The lowest BCUT2D eigenvalue weighted by Gasteiger charge is -2.22. The Morgan fingerprint density at radius 1 is 1.33 bits per heavy atom. The molecule has 1 aromatic carbocycles. The summed E-state index contributed by atoms with van der Waals surface area (Å²) in [5.41, 5.74) is 2.43. The van der Waals surface area contributed by atoms with Crippen LogP contribution in [0.1, 0.15) is 30.4 Å². The number of ether oxygens (including phenoxy) is 1. The highest BCUT2D eigenvalue weighted by Crippen LogP contribution is 2.27. The monoisotopic (exact) mass is 526 g/mol. The lowest BCUT2D eigenvalue weighted by atomic mass is 10.0. The average molecular weight is 526 g/mol. The second kappa shape index (κ2) is 12.1. The number of guanidine groups is 1. The molecule has 2 heterocycles. The molecule has 166 valence electrons. The summed E-state index contributed by atoms with van der Waals surface area (Å²) in [5, 5.41) is 7.78. The fourth-order valence-corrected chi connectivity index (χ4v) is 3.57. The summed E-state index contributed by atoms with van der Waals surface area (Å²) >= 11 is 0. The van der Waals surface area contributed by atoms with Gasteiger partial charge in [-0.2, -0.15) is 5.10 Å². The van der Waals surface area contributed by atoms with Gasteiger partial charge >= 0.3 is 0 Å². The lowest BCUT2D eigenvalue weighted by molar-refractivity contribution is 0.259. The first-order valence-corrected chi connectivity index (χ1v) is 10.4. The SMILES string of the molecule is CCNC(=NCc1ccccc1OCCN(C)C)N1CCC(c2cnn(C)c2)C1.I. The molecule has 0 amide bonds. The number of aliphatic imine (C=N–C) groups is 1. The molecule has 1 aliphatic heterocycles. The summed E-state index contributed by atoms with van der Waals surface area (Å²) in [6, 6.07) is 8.19. The Morgan fingerprint density at radius 2 is 2.13 bits per heavy atom. The quantitative estimate of drug-likeness (QED) is 0.326. The molecule has 0 saturated carbocycles. The number of aromatic nitrogens is 2. The second-order valence-corrected chi connectivity index (χ2v) is 7.81. The van der Waals surface area contributed by atoms with Crippen molar-refractivity contribution in [3.05, 3.63) is 47.8 Å². The molecule has 3 rings (SSSR count). The van der Waals surface area contributed by atoms with Gasteiger partial charge in [0.25, 0.3) is 0 Å². The van der Waals surface area contributed by atoms with Crippen LogP contribution in [0.4, 0.5) is 0 Å². The lowest BCUT2D eigenvalue weighted by Crippen LogP contribution is -2.40. The van der Waals surface area contributed by atoms with Gasteiger partial charge < -0.3 is 19.9 Å². The molecule has 1 saturated heterocycles. The molecule has 8 heteroatoms. The van der Waals surface area contributed by atoms with Crippen molar-refractivity contribution in [1.82, 2.24) is 24.9 Å². The van der Waals surface area contributed by atoms with E-state index in [-0.39, 0.29) is 24.0 Å². The van der Waals surface area contributed by atoms with Gasteiger partial charge in [0.05, 0.1) is 12.7 Å². The minimum Gasteiger partial charge on any atom is -0.492 e. The first-order chi connectivity index (χ1) is 14.1. The number of likely N-dealkylation sites (N-methyl/N-ethyl adjacent to an activating group) is 1. The van der Waals surface area contributed by atoms with Gasteiger partial charge in [-0.1, -0.05) is 18.2 Å². The van der Waals surface area contributed by atoms with Crippen LogP contribution in [0, 0.1) is 0 Å². The number of rotatable bonds is 8. The molecule has 1 fully saturated rings. The van der Waals surface area contributed by atoms with E-state index in [9.17, 15) is 0 Å². The number of halogens is 1. The van der Waals surface area contributed by atoms with Crippen LogP contribution >= 0.6 is 24.0 Å². The Kier molecular flexibility index (Phi) is 9.90. The fraction of sp³-hybridized carbons (Fsp3) is 0.545. The normalized spacial score (nSPS) is 16.6. The molecule has 1 aliphatic rings. The van der Waals surface area contributed by atoms with E-state index in [1.54, 1.807) is 0 Å². The first-order valence-electron chi connectivity index (χ1n) is 10.4. The summed E-state index contributed by atoms with van der Waals surface area (Å²) < 4.78 is 7.87. The van der Waals surface area contributed by atoms with Crippen LogP contribution in [0.2, 0.25) is 0 Å². The van der Waals surface area contributed by atoms with Crippen LogP contribution in [0.15, 0.2) is 41.7 Å². The van der Waals surface area contributed by atoms with E-state index in [2.05, 4.69) is 53.5 Å². The fourth-order valence-electron chi connectivity index (χ4n) is 3.57. The van der Waals surface area contributed by atoms with E-state index in [1.807, 2.05) is 36.1 Å². The van der Waals surface area contributed by atoms with Gasteiger partial charge in [0, 0.05) is 50.9 Å². The number of likely N-dealkylation sites (tertiary alicyclic amines) is 1. The van der Waals surface area contributed by atoms with Crippen molar-refractivity contribution < 1.29 is 4.74 Å². The molecule has 1 unspecified atom stereocenters. The van der Waals surface area contributed by atoms with E-state index in [1.165, 1.54) is 5.56 Å². The minimum atomic E-state index is 0. The highest BCUT2D eigenvalue weighted by atomic mass is 127. The maximum atomic E-state index is 5.99. The molecule has 0 spiro atoms. The summed E-state index contributed by atoms with van der Waals surface area (Å²) in [4.78, 5) is 9.40. The number of benzene rings is 1. The highest BCUT2D eigenvalue weighted by molar-refractivity contribution is 14.0. The van der Waals surface area contributed by atoms with Gasteiger partial charge in [-0.25, -0.2) is 4.99 Å².